The number of carbonyl (C=O) groups is 1. The molecule has 6 heteroatoms. The Labute approximate surface area is 235 Å². The predicted octanol–water partition coefficient (Wildman–Crippen LogP) is 7.72. The van der Waals surface area contributed by atoms with E-state index < -0.39 is 0 Å². The van der Waals surface area contributed by atoms with Crippen molar-refractivity contribution in [2.45, 2.75) is 66.0 Å². The highest BCUT2D eigenvalue weighted by molar-refractivity contribution is 7.13. The first-order chi connectivity index (χ1) is 18.6. The van der Waals surface area contributed by atoms with Crippen molar-refractivity contribution in [3.8, 4) is 38.6 Å². The first-order valence-corrected chi connectivity index (χ1v) is 14.7. The summed E-state index contributed by atoms with van der Waals surface area (Å²) in [7, 11) is 1.73. The van der Waals surface area contributed by atoms with Crippen LogP contribution in [-0.4, -0.2) is 39.6 Å². The number of amides is 1. The number of thiophene rings is 1. The minimum Gasteiger partial charge on any atom is -0.496 e. The molecule has 2 aliphatic rings. The highest BCUT2D eigenvalue weighted by Crippen LogP contribution is 2.49. The quantitative estimate of drug-likeness (QED) is 0.268. The molecule has 202 valence electrons. The number of benzene rings is 1. The van der Waals surface area contributed by atoms with Crippen molar-refractivity contribution >= 4 is 17.2 Å². The first kappa shape index (κ1) is 25.9. The van der Waals surface area contributed by atoms with Crippen LogP contribution in [0, 0.1) is 5.41 Å². The molecule has 0 saturated carbocycles. The summed E-state index contributed by atoms with van der Waals surface area (Å²) < 4.78 is 8.22. The van der Waals surface area contributed by atoms with E-state index in [0.29, 0.717) is 0 Å². The number of hydrogen-bond donors (Lipinski definition) is 0. The number of carbonyl (C=O) groups excluding carboxylic acids is 1. The fourth-order valence-corrected chi connectivity index (χ4v) is 7.12. The van der Waals surface area contributed by atoms with Gasteiger partial charge in [0.05, 0.1) is 12.8 Å². The lowest BCUT2D eigenvalue weighted by Crippen LogP contribution is -2.49. The standard InChI is InChI=1S/C33H37N3O2S/c1-32(2,3)36-15-12-33(4,5)19-25-28(27-10-8-16-39-27)29-24-18-23(22-9-7-13-34-20-22)26(38-6)17-21(24)11-14-35(29)30(25)31(36)37/h7-10,13,16-18,20H,11-12,14-15,19H2,1-6H3. The molecule has 39 heavy (non-hydrogen) atoms. The largest absolute Gasteiger partial charge is 0.496 e. The van der Waals surface area contributed by atoms with Gasteiger partial charge < -0.3 is 14.2 Å². The Morgan fingerprint density at radius 3 is 2.54 bits per heavy atom. The smallest absolute Gasteiger partial charge is 0.271 e. The molecule has 3 aromatic heterocycles. The van der Waals surface area contributed by atoms with Gasteiger partial charge in [-0.05, 0) is 86.2 Å². The van der Waals surface area contributed by atoms with Crippen molar-refractivity contribution in [2.24, 2.45) is 5.41 Å². The molecular formula is C33H37N3O2S. The third kappa shape index (κ3) is 4.39. The molecule has 0 spiro atoms. The number of methoxy groups -OCH3 is 1. The molecule has 0 bridgehead atoms. The maximum Gasteiger partial charge on any atom is 0.271 e. The van der Waals surface area contributed by atoms with Crippen LogP contribution in [0.4, 0.5) is 0 Å². The van der Waals surface area contributed by atoms with Crippen LogP contribution < -0.4 is 4.74 Å². The fraction of sp³-hybridized carbons (Fsp3) is 0.394. The average molecular weight is 540 g/mol. The number of ether oxygens (including phenoxy) is 1. The van der Waals surface area contributed by atoms with Crippen LogP contribution in [0.25, 0.3) is 32.8 Å². The summed E-state index contributed by atoms with van der Waals surface area (Å²) in [6.07, 6.45) is 6.38. The average Bonchev–Trinajstić information content (AvgIpc) is 3.52. The Kier molecular flexibility index (Phi) is 6.22. The zero-order valence-electron chi connectivity index (χ0n) is 23.8. The van der Waals surface area contributed by atoms with E-state index in [4.69, 9.17) is 4.74 Å². The summed E-state index contributed by atoms with van der Waals surface area (Å²) >= 11 is 1.76. The van der Waals surface area contributed by atoms with E-state index in [-0.39, 0.29) is 16.9 Å². The molecular weight excluding hydrogens is 502 g/mol. The second-order valence-corrected chi connectivity index (χ2v) is 13.5. The van der Waals surface area contributed by atoms with E-state index in [9.17, 15) is 4.79 Å². The Morgan fingerprint density at radius 2 is 1.87 bits per heavy atom. The minimum atomic E-state index is -0.261. The normalized spacial score (nSPS) is 16.7. The molecule has 5 nitrogen and oxygen atoms in total. The zero-order chi connectivity index (χ0) is 27.5. The van der Waals surface area contributed by atoms with E-state index in [1.807, 2.05) is 12.3 Å². The van der Waals surface area contributed by atoms with Gasteiger partial charge in [-0.3, -0.25) is 9.78 Å². The van der Waals surface area contributed by atoms with E-state index in [0.717, 1.165) is 60.6 Å². The summed E-state index contributed by atoms with van der Waals surface area (Å²) in [5.74, 6) is 1.01. The zero-order valence-corrected chi connectivity index (χ0v) is 24.6. The molecule has 6 rings (SSSR count). The number of hydrogen-bond acceptors (Lipinski definition) is 4. The van der Waals surface area contributed by atoms with Gasteiger partial charge in [0.25, 0.3) is 5.91 Å². The lowest BCUT2D eigenvalue weighted by molar-refractivity contribution is 0.0517. The molecule has 0 aliphatic carbocycles. The second-order valence-electron chi connectivity index (χ2n) is 12.6. The van der Waals surface area contributed by atoms with Gasteiger partial charge in [0, 0.05) is 58.2 Å². The van der Waals surface area contributed by atoms with Crippen molar-refractivity contribution in [1.29, 1.82) is 0 Å². The van der Waals surface area contributed by atoms with E-state index in [1.165, 1.54) is 27.1 Å². The van der Waals surface area contributed by atoms with E-state index in [2.05, 4.69) is 84.8 Å². The lowest BCUT2D eigenvalue weighted by atomic mass is 9.79. The van der Waals surface area contributed by atoms with Gasteiger partial charge in [0.15, 0.2) is 0 Å². The Balaban J connectivity index is 1.68. The number of pyridine rings is 1. The van der Waals surface area contributed by atoms with E-state index in [1.54, 1.807) is 24.6 Å². The van der Waals surface area contributed by atoms with Gasteiger partial charge in [-0.2, -0.15) is 0 Å². The van der Waals surface area contributed by atoms with Crippen molar-refractivity contribution in [2.75, 3.05) is 13.7 Å². The Hall–Kier alpha value is -3.38. The molecule has 2 aliphatic heterocycles. The summed E-state index contributed by atoms with van der Waals surface area (Å²) in [6.45, 7) is 12.7. The number of aryl methyl sites for hydroxylation is 1. The third-order valence-electron chi connectivity index (χ3n) is 8.31. The van der Waals surface area contributed by atoms with E-state index >= 15 is 0 Å². The van der Waals surface area contributed by atoms with Gasteiger partial charge in [0.2, 0.25) is 0 Å². The van der Waals surface area contributed by atoms with Crippen LogP contribution in [0.5, 0.6) is 5.75 Å². The molecule has 0 fully saturated rings. The monoisotopic (exact) mass is 539 g/mol. The van der Waals surface area contributed by atoms with Gasteiger partial charge in [-0.25, -0.2) is 0 Å². The maximum atomic E-state index is 14.5. The number of fused-ring (bicyclic) bond motifs is 5. The van der Waals surface area contributed by atoms with Gasteiger partial charge in [0.1, 0.15) is 11.4 Å². The Morgan fingerprint density at radius 1 is 1.05 bits per heavy atom. The third-order valence-corrected chi connectivity index (χ3v) is 9.20. The molecule has 0 N–H and O–H groups in total. The van der Waals surface area contributed by atoms with Crippen molar-refractivity contribution in [1.82, 2.24) is 14.5 Å². The maximum absolute atomic E-state index is 14.5. The number of nitrogens with zero attached hydrogens (tertiary/aromatic N) is 3. The molecule has 1 aromatic carbocycles. The molecule has 0 saturated heterocycles. The molecule has 1 amide bonds. The lowest BCUT2D eigenvalue weighted by Gasteiger charge is -2.40. The Bertz CT molecular complexity index is 1540. The molecule has 4 aromatic rings. The first-order valence-electron chi connectivity index (χ1n) is 13.8. The fourth-order valence-electron chi connectivity index (χ4n) is 6.33. The SMILES string of the molecule is COc1cc2c(cc1-c1cccnc1)-c1c(-c3cccs3)c3c(n1CC2)C(=O)N(C(C)(C)C)CCC(C)(C)C3. The minimum absolute atomic E-state index is 0.0616. The van der Waals surface area contributed by atoms with Gasteiger partial charge in [-0.1, -0.05) is 26.0 Å². The second kappa shape index (κ2) is 9.37. The number of rotatable bonds is 3. The van der Waals surface area contributed by atoms with Crippen molar-refractivity contribution < 1.29 is 9.53 Å². The number of aromatic nitrogens is 2. The summed E-state index contributed by atoms with van der Waals surface area (Å²) in [5, 5.41) is 2.14. The molecule has 0 atom stereocenters. The van der Waals surface area contributed by atoms with Crippen molar-refractivity contribution in [3.05, 3.63) is 71.0 Å². The summed E-state index contributed by atoms with van der Waals surface area (Å²) in [6, 6.07) is 12.8. The van der Waals surface area contributed by atoms with Crippen LogP contribution >= 0.6 is 11.3 Å². The summed E-state index contributed by atoms with van der Waals surface area (Å²) in [4.78, 5) is 22.2. The molecule has 0 unspecified atom stereocenters. The topological polar surface area (TPSA) is 47.4 Å². The van der Waals surface area contributed by atoms with Crippen LogP contribution in [0.15, 0.2) is 54.2 Å². The van der Waals surface area contributed by atoms with Crippen LogP contribution in [0.2, 0.25) is 0 Å². The van der Waals surface area contributed by atoms with Crippen LogP contribution in [0.1, 0.15) is 62.7 Å². The molecule has 0 radical (unpaired) electrons. The predicted molar refractivity (Wildman–Crippen MR) is 160 cm³/mol. The van der Waals surface area contributed by atoms with Gasteiger partial charge >= 0.3 is 0 Å². The molecule has 5 heterocycles. The van der Waals surface area contributed by atoms with Gasteiger partial charge in [-0.15, -0.1) is 11.3 Å². The van der Waals surface area contributed by atoms with Crippen molar-refractivity contribution in [3.63, 3.8) is 0 Å². The van der Waals surface area contributed by atoms with Crippen LogP contribution in [0.3, 0.4) is 0 Å². The summed E-state index contributed by atoms with van der Waals surface area (Å²) in [5.41, 5.74) is 8.74. The van der Waals surface area contributed by atoms with Crippen LogP contribution in [-0.2, 0) is 19.4 Å². The highest BCUT2D eigenvalue weighted by Gasteiger charge is 2.40. The highest BCUT2D eigenvalue weighted by atomic mass is 32.1.